The van der Waals surface area contributed by atoms with E-state index in [9.17, 15) is 4.21 Å². The van der Waals surface area contributed by atoms with E-state index in [4.69, 9.17) is 5.26 Å². The lowest BCUT2D eigenvalue weighted by Crippen LogP contribution is -2.08. The molecule has 0 radical (unpaired) electrons. The Labute approximate surface area is 77.4 Å². The van der Waals surface area contributed by atoms with Gasteiger partial charge in [0, 0.05) is 22.8 Å². The summed E-state index contributed by atoms with van der Waals surface area (Å²) in [5.41, 5.74) is -0.213. The van der Waals surface area contributed by atoms with Crippen molar-refractivity contribution in [2.75, 3.05) is 12.0 Å². The second-order valence-electron chi connectivity index (χ2n) is 3.73. The van der Waals surface area contributed by atoms with Crippen LogP contribution in [-0.4, -0.2) is 16.2 Å². The smallest absolute Gasteiger partial charge is 0.0683 e. The van der Waals surface area contributed by atoms with Crippen molar-refractivity contribution in [1.82, 2.24) is 0 Å². The van der Waals surface area contributed by atoms with Crippen LogP contribution >= 0.6 is 0 Å². The molecular formula is C9H17NOS. The molecule has 70 valence electrons. The van der Waals surface area contributed by atoms with Gasteiger partial charge in [0.15, 0.2) is 0 Å². The molecule has 3 heteroatoms. The average Bonchev–Trinajstić information content (AvgIpc) is 1.98. The van der Waals surface area contributed by atoms with Gasteiger partial charge in [0.25, 0.3) is 0 Å². The zero-order chi connectivity index (χ0) is 9.61. The summed E-state index contributed by atoms with van der Waals surface area (Å²) in [6.45, 7) is 3.88. The molecule has 0 N–H and O–H groups in total. The quantitative estimate of drug-likeness (QED) is 0.618. The van der Waals surface area contributed by atoms with Crippen LogP contribution in [-0.2, 0) is 10.8 Å². The maximum atomic E-state index is 10.7. The Morgan fingerprint density at radius 3 is 2.42 bits per heavy atom. The van der Waals surface area contributed by atoms with Gasteiger partial charge in [-0.05, 0) is 26.7 Å². The maximum Gasteiger partial charge on any atom is 0.0683 e. The van der Waals surface area contributed by atoms with Crippen LogP contribution < -0.4 is 0 Å². The van der Waals surface area contributed by atoms with Crippen LogP contribution in [0.5, 0.6) is 0 Å². The molecule has 0 saturated heterocycles. The molecule has 0 saturated carbocycles. The molecule has 0 aliphatic carbocycles. The van der Waals surface area contributed by atoms with Crippen molar-refractivity contribution in [3.05, 3.63) is 0 Å². The summed E-state index contributed by atoms with van der Waals surface area (Å²) in [4.78, 5) is 0. The van der Waals surface area contributed by atoms with Crippen LogP contribution in [0.4, 0.5) is 0 Å². The zero-order valence-electron chi connectivity index (χ0n) is 8.09. The van der Waals surface area contributed by atoms with Gasteiger partial charge in [-0.15, -0.1) is 0 Å². The number of hydrogen-bond acceptors (Lipinski definition) is 2. The van der Waals surface area contributed by atoms with Gasteiger partial charge in [0.05, 0.1) is 11.5 Å². The topological polar surface area (TPSA) is 40.9 Å². The Bertz CT molecular complexity index is 193. The molecule has 0 spiro atoms. The fraction of sp³-hybridized carbons (Fsp3) is 0.889. The highest BCUT2D eigenvalue weighted by molar-refractivity contribution is 7.84. The highest BCUT2D eigenvalue weighted by Crippen LogP contribution is 2.21. The zero-order valence-corrected chi connectivity index (χ0v) is 8.91. The second kappa shape index (κ2) is 5.31. The van der Waals surface area contributed by atoms with Gasteiger partial charge in [-0.2, -0.15) is 5.26 Å². The lowest BCUT2D eigenvalue weighted by atomic mass is 9.89. The first kappa shape index (κ1) is 11.6. The number of nitriles is 1. The minimum atomic E-state index is -0.679. The predicted molar refractivity (Wildman–Crippen MR) is 52.2 cm³/mol. The van der Waals surface area contributed by atoms with Crippen molar-refractivity contribution in [2.45, 2.75) is 33.1 Å². The first-order valence-corrected chi connectivity index (χ1v) is 5.92. The van der Waals surface area contributed by atoms with Crippen LogP contribution in [0.2, 0.25) is 0 Å². The van der Waals surface area contributed by atoms with Crippen LogP contribution in [0, 0.1) is 16.7 Å². The first-order chi connectivity index (χ1) is 5.48. The third-order valence-corrected chi connectivity index (χ3v) is 2.65. The van der Waals surface area contributed by atoms with Gasteiger partial charge in [-0.1, -0.05) is 6.42 Å². The number of rotatable bonds is 5. The average molecular weight is 187 g/mol. The fourth-order valence-corrected chi connectivity index (χ4v) is 1.54. The van der Waals surface area contributed by atoms with E-state index in [2.05, 4.69) is 6.07 Å². The third-order valence-electron chi connectivity index (χ3n) is 1.79. The van der Waals surface area contributed by atoms with Gasteiger partial charge in [0.1, 0.15) is 0 Å². The molecule has 0 aromatic heterocycles. The van der Waals surface area contributed by atoms with E-state index < -0.39 is 10.8 Å². The lowest BCUT2D eigenvalue weighted by molar-refractivity contribution is 0.432. The van der Waals surface area contributed by atoms with Crippen molar-refractivity contribution in [1.29, 1.82) is 5.26 Å². The predicted octanol–water partition coefficient (Wildman–Crippen LogP) is 2.08. The molecule has 0 aromatic rings. The van der Waals surface area contributed by atoms with Gasteiger partial charge in [-0.3, -0.25) is 4.21 Å². The monoisotopic (exact) mass is 187 g/mol. The minimum Gasteiger partial charge on any atom is -0.260 e. The molecule has 0 aromatic carbocycles. The molecule has 0 aliphatic rings. The van der Waals surface area contributed by atoms with Crippen molar-refractivity contribution in [2.24, 2.45) is 5.41 Å². The summed E-state index contributed by atoms with van der Waals surface area (Å²) in [5.74, 6) is 0.765. The number of hydrogen-bond donors (Lipinski definition) is 0. The molecule has 0 bridgehead atoms. The Morgan fingerprint density at radius 1 is 1.42 bits per heavy atom. The summed E-state index contributed by atoms with van der Waals surface area (Å²) in [7, 11) is -0.679. The summed E-state index contributed by atoms with van der Waals surface area (Å²) in [6.07, 6.45) is 4.59. The van der Waals surface area contributed by atoms with E-state index >= 15 is 0 Å². The van der Waals surface area contributed by atoms with Gasteiger partial charge in [0.2, 0.25) is 0 Å². The summed E-state index contributed by atoms with van der Waals surface area (Å²) >= 11 is 0. The van der Waals surface area contributed by atoms with E-state index in [-0.39, 0.29) is 5.41 Å². The van der Waals surface area contributed by atoms with Crippen molar-refractivity contribution >= 4 is 10.8 Å². The van der Waals surface area contributed by atoms with Gasteiger partial charge < -0.3 is 0 Å². The number of nitrogens with zero attached hydrogens (tertiary/aromatic N) is 1. The lowest BCUT2D eigenvalue weighted by Gasteiger charge is -2.13. The van der Waals surface area contributed by atoms with Crippen LogP contribution in [0.25, 0.3) is 0 Å². The molecule has 0 aliphatic heterocycles. The van der Waals surface area contributed by atoms with Crippen LogP contribution in [0.3, 0.4) is 0 Å². The van der Waals surface area contributed by atoms with Gasteiger partial charge in [-0.25, -0.2) is 0 Å². The summed E-state index contributed by atoms with van der Waals surface area (Å²) in [6, 6.07) is 2.25. The Kier molecular flexibility index (Phi) is 5.16. The summed E-state index contributed by atoms with van der Waals surface area (Å²) < 4.78 is 10.7. The fourth-order valence-electron chi connectivity index (χ4n) is 0.928. The standard InChI is InChI=1S/C9H17NOS/c1-9(2,8-10)6-4-5-7-12(3)11/h4-7H2,1-3H3. The molecule has 0 rings (SSSR count). The molecule has 0 fully saturated rings. The molecule has 1 atom stereocenters. The van der Waals surface area contributed by atoms with Crippen molar-refractivity contribution in [3.63, 3.8) is 0 Å². The van der Waals surface area contributed by atoms with Crippen molar-refractivity contribution in [3.8, 4) is 6.07 Å². The Morgan fingerprint density at radius 2 is 2.00 bits per heavy atom. The Hall–Kier alpha value is -0.360. The van der Waals surface area contributed by atoms with E-state index in [1.54, 1.807) is 6.26 Å². The first-order valence-electron chi connectivity index (χ1n) is 4.19. The van der Waals surface area contributed by atoms with Crippen molar-refractivity contribution < 1.29 is 4.21 Å². The molecule has 1 unspecified atom stereocenters. The highest BCUT2D eigenvalue weighted by Gasteiger charge is 2.15. The number of unbranched alkanes of at least 4 members (excludes halogenated alkanes) is 1. The van der Waals surface area contributed by atoms with Gasteiger partial charge >= 0.3 is 0 Å². The largest absolute Gasteiger partial charge is 0.260 e. The normalized spacial score (nSPS) is 13.8. The Balaban J connectivity index is 3.45. The molecule has 2 nitrogen and oxygen atoms in total. The van der Waals surface area contributed by atoms with Crippen LogP contribution in [0.1, 0.15) is 33.1 Å². The van der Waals surface area contributed by atoms with Crippen LogP contribution in [0.15, 0.2) is 0 Å². The molecule has 12 heavy (non-hydrogen) atoms. The van der Waals surface area contributed by atoms with E-state index in [1.165, 1.54) is 0 Å². The maximum absolute atomic E-state index is 10.7. The third kappa shape index (κ3) is 6.36. The highest BCUT2D eigenvalue weighted by atomic mass is 32.2. The molecular weight excluding hydrogens is 170 g/mol. The minimum absolute atomic E-state index is 0.213. The van der Waals surface area contributed by atoms with E-state index in [0.717, 1.165) is 25.0 Å². The SMILES string of the molecule is CS(=O)CCCCC(C)(C)C#N. The molecule has 0 heterocycles. The second-order valence-corrected chi connectivity index (χ2v) is 5.28. The van der Waals surface area contributed by atoms with E-state index in [0.29, 0.717) is 0 Å². The summed E-state index contributed by atoms with van der Waals surface area (Å²) in [5, 5.41) is 8.69. The molecule has 0 amide bonds. The van der Waals surface area contributed by atoms with E-state index in [1.807, 2.05) is 13.8 Å².